The number of fused-ring (bicyclic) bond motifs is 1. The Bertz CT molecular complexity index is 566. The van der Waals surface area contributed by atoms with E-state index in [1.54, 1.807) is 0 Å². The first-order chi connectivity index (χ1) is 11.0. The maximum Gasteiger partial charge on any atom is 0.307 e. The van der Waals surface area contributed by atoms with Crippen LogP contribution in [0.15, 0.2) is 24.8 Å². The summed E-state index contributed by atoms with van der Waals surface area (Å²) in [5.41, 5.74) is 3.70. The van der Waals surface area contributed by atoms with Crippen LogP contribution in [0.1, 0.15) is 56.3 Å². The van der Waals surface area contributed by atoms with E-state index < -0.39 is 0 Å². The summed E-state index contributed by atoms with van der Waals surface area (Å²) < 4.78 is 10.6. The molecule has 0 aliphatic heterocycles. The van der Waals surface area contributed by atoms with E-state index in [2.05, 4.69) is 30.1 Å². The van der Waals surface area contributed by atoms with Gasteiger partial charge in [0.05, 0.1) is 19.1 Å². The van der Waals surface area contributed by atoms with E-state index >= 15 is 0 Å². The monoisotopic (exact) mass is 317 g/mol. The molecule has 1 atom stereocenters. The predicted molar refractivity (Wildman–Crippen MR) is 92.0 cm³/mol. The highest BCUT2D eigenvalue weighted by atomic mass is 16.5. The predicted octanol–water partition coefficient (Wildman–Crippen LogP) is 3.61. The zero-order chi connectivity index (χ0) is 16.8. The maximum atomic E-state index is 11.6. The molecule has 0 spiro atoms. The van der Waals surface area contributed by atoms with Crippen LogP contribution in [0.5, 0.6) is 0 Å². The molecule has 1 aliphatic rings. The summed E-state index contributed by atoms with van der Waals surface area (Å²) in [6, 6.07) is 6.68. The Balaban J connectivity index is 1.89. The summed E-state index contributed by atoms with van der Waals surface area (Å²) in [5, 5.41) is 3.46. The summed E-state index contributed by atoms with van der Waals surface area (Å²) >= 11 is 0. The third kappa shape index (κ3) is 4.83. The molecule has 0 bridgehead atoms. The lowest BCUT2D eigenvalue weighted by molar-refractivity contribution is -0.147. The molecule has 1 N–H and O–H groups in total. The minimum atomic E-state index is -0.144. The molecular formula is C19H27NO3. The Morgan fingerprint density at radius 2 is 2.22 bits per heavy atom. The molecule has 0 fully saturated rings. The van der Waals surface area contributed by atoms with Gasteiger partial charge >= 0.3 is 5.97 Å². The number of aryl methyl sites for hydroxylation is 1. The van der Waals surface area contributed by atoms with Crippen molar-refractivity contribution in [3.63, 3.8) is 0 Å². The van der Waals surface area contributed by atoms with Crippen LogP contribution in [0.4, 0.5) is 0 Å². The molecule has 23 heavy (non-hydrogen) atoms. The van der Waals surface area contributed by atoms with Crippen LogP contribution < -0.4 is 5.32 Å². The van der Waals surface area contributed by atoms with E-state index in [-0.39, 0.29) is 12.1 Å². The summed E-state index contributed by atoms with van der Waals surface area (Å²) in [6.07, 6.45) is 2.45. The van der Waals surface area contributed by atoms with Crippen molar-refractivity contribution >= 4 is 11.7 Å². The highest BCUT2D eigenvalue weighted by Crippen LogP contribution is 2.33. The average Bonchev–Trinajstić information content (AvgIpc) is 2.89. The zero-order valence-electron chi connectivity index (χ0n) is 14.4. The highest BCUT2D eigenvalue weighted by Gasteiger charge is 2.22. The molecule has 1 aromatic carbocycles. The van der Waals surface area contributed by atoms with Crippen molar-refractivity contribution in [2.45, 2.75) is 52.2 Å². The van der Waals surface area contributed by atoms with E-state index in [0.29, 0.717) is 25.6 Å². The maximum absolute atomic E-state index is 11.6. The van der Waals surface area contributed by atoms with Gasteiger partial charge in [0, 0.05) is 18.2 Å². The quantitative estimate of drug-likeness (QED) is 0.588. The fourth-order valence-corrected chi connectivity index (χ4v) is 2.93. The van der Waals surface area contributed by atoms with Crippen molar-refractivity contribution in [2.75, 3.05) is 13.2 Å². The van der Waals surface area contributed by atoms with Crippen LogP contribution in [0, 0.1) is 0 Å². The minimum absolute atomic E-state index is 0.0495. The Labute approximate surface area is 138 Å². The Morgan fingerprint density at radius 1 is 1.43 bits per heavy atom. The molecule has 1 aliphatic carbocycles. The van der Waals surface area contributed by atoms with Gasteiger partial charge in [0.25, 0.3) is 0 Å². The van der Waals surface area contributed by atoms with Crippen molar-refractivity contribution in [3.8, 4) is 0 Å². The summed E-state index contributed by atoms with van der Waals surface area (Å²) in [5.74, 6) is 0.581. The van der Waals surface area contributed by atoms with Crippen molar-refractivity contribution in [2.24, 2.45) is 0 Å². The minimum Gasteiger partial charge on any atom is -0.494 e. The SMILES string of the molecule is C=C(OCC)c1ccc2c(c1)CCC2NCCC(=O)OC(C)C. The number of ether oxygens (including phenoxy) is 2. The standard InChI is InChI=1S/C19H27NO3/c1-5-22-14(4)15-6-8-17-16(12-15)7-9-18(17)20-11-10-19(21)23-13(2)3/h6,8,12-13,18,20H,4-5,7,9-11H2,1-3H3. The molecule has 0 saturated heterocycles. The lowest BCUT2D eigenvalue weighted by atomic mass is 10.0. The number of esters is 1. The molecule has 1 unspecified atom stereocenters. The lowest BCUT2D eigenvalue weighted by Crippen LogP contribution is -2.24. The number of hydrogen-bond donors (Lipinski definition) is 1. The third-order valence-corrected chi connectivity index (χ3v) is 3.95. The van der Waals surface area contributed by atoms with Crippen LogP contribution in [0.2, 0.25) is 0 Å². The summed E-state index contributed by atoms with van der Waals surface area (Å²) in [6.45, 7) is 10.9. The first kappa shape index (κ1) is 17.5. The number of carbonyl (C=O) groups excluding carboxylic acids is 1. The molecule has 4 nitrogen and oxygen atoms in total. The van der Waals surface area contributed by atoms with Gasteiger partial charge in [0.2, 0.25) is 0 Å². The molecule has 0 amide bonds. The van der Waals surface area contributed by atoms with Gasteiger partial charge in [-0.15, -0.1) is 0 Å². The van der Waals surface area contributed by atoms with Crippen LogP contribution >= 0.6 is 0 Å². The second kappa shape index (κ2) is 8.16. The molecule has 0 aromatic heterocycles. The number of carbonyl (C=O) groups is 1. The van der Waals surface area contributed by atoms with E-state index in [4.69, 9.17) is 9.47 Å². The van der Waals surface area contributed by atoms with Crippen molar-refractivity contribution in [3.05, 3.63) is 41.5 Å². The first-order valence-corrected chi connectivity index (χ1v) is 8.39. The Morgan fingerprint density at radius 3 is 2.91 bits per heavy atom. The topological polar surface area (TPSA) is 47.6 Å². The van der Waals surface area contributed by atoms with Crippen LogP contribution in [-0.4, -0.2) is 25.2 Å². The normalized spacial score (nSPS) is 16.3. The Hall–Kier alpha value is -1.81. The van der Waals surface area contributed by atoms with Gasteiger partial charge in [0.1, 0.15) is 5.76 Å². The molecule has 0 saturated carbocycles. The third-order valence-electron chi connectivity index (χ3n) is 3.95. The molecule has 2 rings (SSSR count). The van der Waals surface area contributed by atoms with Gasteiger partial charge < -0.3 is 14.8 Å². The van der Waals surface area contributed by atoms with Gasteiger partial charge in [0.15, 0.2) is 0 Å². The van der Waals surface area contributed by atoms with E-state index in [1.807, 2.05) is 20.8 Å². The summed E-state index contributed by atoms with van der Waals surface area (Å²) in [4.78, 5) is 11.6. The van der Waals surface area contributed by atoms with Crippen LogP contribution in [-0.2, 0) is 20.7 Å². The second-order valence-corrected chi connectivity index (χ2v) is 6.10. The van der Waals surface area contributed by atoms with Crippen molar-refractivity contribution in [1.82, 2.24) is 5.32 Å². The van der Waals surface area contributed by atoms with E-state index in [0.717, 1.165) is 24.2 Å². The van der Waals surface area contributed by atoms with E-state index in [1.165, 1.54) is 11.1 Å². The number of nitrogens with one attached hydrogen (secondary N) is 1. The molecule has 4 heteroatoms. The van der Waals surface area contributed by atoms with Gasteiger partial charge in [-0.25, -0.2) is 0 Å². The van der Waals surface area contributed by atoms with E-state index in [9.17, 15) is 4.79 Å². The average molecular weight is 317 g/mol. The van der Waals surface area contributed by atoms with Crippen LogP contribution in [0.25, 0.3) is 5.76 Å². The highest BCUT2D eigenvalue weighted by molar-refractivity contribution is 5.69. The molecular weight excluding hydrogens is 290 g/mol. The smallest absolute Gasteiger partial charge is 0.307 e. The molecule has 1 aromatic rings. The van der Waals surface area contributed by atoms with Crippen LogP contribution in [0.3, 0.4) is 0 Å². The van der Waals surface area contributed by atoms with Crippen molar-refractivity contribution < 1.29 is 14.3 Å². The van der Waals surface area contributed by atoms with Gasteiger partial charge in [-0.3, -0.25) is 4.79 Å². The van der Waals surface area contributed by atoms with Gasteiger partial charge in [-0.1, -0.05) is 18.7 Å². The lowest BCUT2D eigenvalue weighted by Gasteiger charge is -2.15. The fraction of sp³-hybridized carbons (Fsp3) is 0.526. The number of hydrogen-bond acceptors (Lipinski definition) is 4. The van der Waals surface area contributed by atoms with Gasteiger partial charge in [-0.05, 0) is 50.8 Å². The second-order valence-electron chi connectivity index (χ2n) is 6.10. The first-order valence-electron chi connectivity index (χ1n) is 8.39. The summed E-state index contributed by atoms with van der Waals surface area (Å²) in [7, 11) is 0. The fourth-order valence-electron chi connectivity index (χ4n) is 2.93. The number of benzene rings is 1. The molecule has 0 radical (unpaired) electrons. The molecule has 0 heterocycles. The molecule has 126 valence electrons. The van der Waals surface area contributed by atoms with Crippen molar-refractivity contribution in [1.29, 1.82) is 0 Å². The number of rotatable bonds is 8. The Kier molecular flexibility index (Phi) is 6.22. The zero-order valence-corrected chi connectivity index (χ0v) is 14.4. The van der Waals surface area contributed by atoms with Gasteiger partial charge in [-0.2, -0.15) is 0 Å². The largest absolute Gasteiger partial charge is 0.494 e.